The molecule has 1 heterocycles. The molecule has 34 heavy (non-hydrogen) atoms. The first-order chi connectivity index (χ1) is 16.2. The molecule has 3 aromatic rings. The highest BCUT2D eigenvalue weighted by Gasteiger charge is 2.51. The monoisotopic (exact) mass is 496 g/mol. The molecule has 1 amide bonds. The van der Waals surface area contributed by atoms with Gasteiger partial charge in [0.05, 0.1) is 22.5 Å². The largest absolute Gasteiger partial charge is 0.487 e. The molecular weight excluding hydrogens is 472 g/mol. The van der Waals surface area contributed by atoms with E-state index in [-0.39, 0.29) is 23.5 Å². The highest BCUT2D eigenvalue weighted by atomic mass is 35.5. The van der Waals surface area contributed by atoms with Crippen LogP contribution in [0.4, 0.5) is 11.4 Å². The van der Waals surface area contributed by atoms with Crippen LogP contribution in [0.2, 0.25) is 5.02 Å². The summed E-state index contributed by atoms with van der Waals surface area (Å²) in [6, 6.07) is 19.2. The van der Waals surface area contributed by atoms with Crippen LogP contribution in [0.25, 0.3) is 0 Å². The molecule has 8 heteroatoms. The maximum atomic E-state index is 13.5. The molecule has 0 unspecified atom stereocenters. The maximum absolute atomic E-state index is 13.5. The van der Waals surface area contributed by atoms with E-state index in [0.29, 0.717) is 22.1 Å². The van der Waals surface area contributed by atoms with Crippen molar-refractivity contribution in [3.05, 3.63) is 82.9 Å². The van der Waals surface area contributed by atoms with Gasteiger partial charge in [-0.2, -0.15) is 0 Å². The lowest BCUT2D eigenvalue weighted by atomic mass is 9.95. The minimum absolute atomic E-state index is 0.118. The van der Waals surface area contributed by atoms with Crippen molar-refractivity contribution < 1.29 is 17.9 Å². The van der Waals surface area contributed by atoms with Gasteiger partial charge in [-0.15, -0.1) is 0 Å². The summed E-state index contributed by atoms with van der Waals surface area (Å²) >= 11 is 6.01. The molecule has 0 spiro atoms. The van der Waals surface area contributed by atoms with Gasteiger partial charge in [0.2, 0.25) is 5.91 Å². The number of hydrogen-bond donors (Lipinski definition) is 1. The Balaban J connectivity index is 1.46. The van der Waals surface area contributed by atoms with E-state index in [0.717, 1.165) is 24.0 Å². The van der Waals surface area contributed by atoms with Crippen molar-refractivity contribution >= 4 is 38.9 Å². The number of rotatable bonds is 5. The Kier molecular flexibility index (Phi) is 5.57. The van der Waals surface area contributed by atoms with Crippen molar-refractivity contribution in [3.8, 4) is 5.75 Å². The van der Waals surface area contributed by atoms with Gasteiger partial charge < -0.3 is 10.1 Å². The lowest BCUT2D eigenvalue weighted by Crippen LogP contribution is -2.42. The number of nitrogens with zero attached hydrogens (tertiary/aromatic N) is 1. The first-order valence-corrected chi connectivity index (χ1v) is 13.0. The predicted molar refractivity (Wildman–Crippen MR) is 133 cm³/mol. The molecule has 1 N–H and O–H groups in total. The second kappa shape index (κ2) is 8.32. The Morgan fingerprint density at radius 2 is 1.74 bits per heavy atom. The lowest BCUT2D eigenvalue weighted by molar-refractivity contribution is -0.118. The predicted octanol–water partition coefficient (Wildman–Crippen LogP) is 5.29. The summed E-state index contributed by atoms with van der Waals surface area (Å²) in [6.45, 7) is 3.92. The summed E-state index contributed by atoms with van der Waals surface area (Å²) < 4.78 is 34.3. The number of fused-ring (bicyclic) bond motifs is 1. The van der Waals surface area contributed by atoms with Crippen LogP contribution in [-0.2, 0) is 20.2 Å². The Labute approximate surface area is 204 Å². The minimum Gasteiger partial charge on any atom is -0.487 e. The standard InChI is InChI=1S/C26H25ClN2O4S/c1-17-3-10-22(11-4-17)34(31,32)29-16-18(2)33-24-12-9-21(15-23(24)29)28-25(30)26(13-14-26)19-5-7-20(27)8-6-19/h3-12,15,18H,13-14,16H2,1-2H3,(H,28,30)/t18-/m0/s1. The van der Waals surface area contributed by atoms with E-state index in [9.17, 15) is 13.2 Å². The molecule has 3 aromatic carbocycles. The lowest BCUT2D eigenvalue weighted by Gasteiger charge is -2.34. The molecule has 1 saturated carbocycles. The Hall–Kier alpha value is -3.03. The SMILES string of the molecule is Cc1ccc(S(=O)(=O)N2C[C@H](C)Oc3ccc(NC(=O)C4(c5ccc(Cl)cc5)CC4)cc32)cc1. The molecule has 2 aliphatic rings. The fourth-order valence-corrected chi connectivity index (χ4v) is 6.00. The molecule has 176 valence electrons. The average molecular weight is 497 g/mol. The van der Waals surface area contributed by atoms with E-state index < -0.39 is 15.4 Å². The van der Waals surface area contributed by atoms with Crippen LogP contribution in [0.15, 0.2) is 71.6 Å². The van der Waals surface area contributed by atoms with Crippen LogP contribution in [0.3, 0.4) is 0 Å². The number of hydrogen-bond acceptors (Lipinski definition) is 4. The molecule has 1 atom stereocenters. The van der Waals surface area contributed by atoms with Crippen molar-refractivity contribution in [2.24, 2.45) is 0 Å². The number of carbonyl (C=O) groups is 1. The fourth-order valence-electron chi connectivity index (χ4n) is 4.33. The summed E-state index contributed by atoms with van der Waals surface area (Å²) in [5, 5.41) is 3.61. The number of amides is 1. The zero-order valence-electron chi connectivity index (χ0n) is 18.9. The smallest absolute Gasteiger partial charge is 0.264 e. The molecule has 5 rings (SSSR count). The van der Waals surface area contributed by atoms with E-state index in [1.165, 1.54) is 4.31 Å². The maximum Gasteiger partial charge on any atom is 0.264 e. The normalized spacial score (nSPS) is 18.6. The number of ether oxygens (including phenoxy) is 1. The second-order valence-electron chi connectivity index (χ2n) is 9.00. The van der Waals surface area contributed by atoms with E-state index >= 15 is 0 Å². The molecule has 6 nitrogen and oxygen atoms in total. The number of nitrogens with one attached hydrogen (secondary N) is 1. The van der Waals surface area contributed by atoms with E-state index in [4.69, 9.17) is 16.3 Å². The van der Waals surface area contributed by atoms with Crippen LogP contribution >= 0.6 is 11.6 Å². The van der Waals surface area contributed by atoms with E-state index in [1.54, 1.807) is 54.6 Å². The number of aryl methyl sites for hydroxylation is 1. The summed E-state index contributed by atoms with van der Waals surface area (Å²) in [5.41, 5.74) is 2.25. The van der Waals surface area contributed by atoms with Crippen LogP contribution in [0.5, 0.6) is 5.75 Å². The molecule has 0 bridgehead atoms. The molecule has 0 saturated heterocycles. The van der Waals surface area contributed by atoms with Gasteiger partial charge >= 0.3 is 0 Å². The Morgan fingerprint density at radius 1 is 1.06 bits per heavy atom. The molecule has 1 fully saturated rings. The highest BCUT2D eigenvalue weighted by molar-refractivity contribution is 7.92. The Morgan fingerprint density at radius 3 is 2.38 bits per heavy atom. The second-order valence-corrected chi connectivity index (χ2v) is 11.3. The summed E-state index contributed by atoms with van der Waals surface area (Å²) in [5.74, 6) is 0.346. The third-order valence-corrected chi connectivity index (χ3v) is 8.47. The first kappa shape index (κ1) is 22.7. The number of sulfonamides is 1. The molecule has 1 aliphatic heterocycles. The number of anilines is 2. The third-order valence-electron chi connectivity index (χ3n) is 6.43. The molecule has 0 aromatic heterocycles. The van der Waals surface area contributed by atoms with Gasteiger partial charge in [0.1, 0.15) is 11.9 Å². The zero-order chi connectivity index (χ0) is 24.1. The van der Waals surface area contributed by atoms with Crippen LogP contribution in [0.1, 0.15) is 30.9 Å². The average Bonchev–Trinajstić information content (AvgIpc) is 3.62. The first-order valence-electron chi connectivity index (χ1n) is 11.2. The van der Waals surface area contributed by atoms with Gasteiger partial charge in [-0.05, 0) is 74.7 Å². The van der Waals surface area contributed by atoms with Crippen molar-refractivity contribution in [1.82, 2.24) is 0 Å². The van der Waals surface area contributed by atoms with E-state index in [2.05, 4.69) is 5.32 Å². The summed E-state index contributed by atoms with van der Waals surface area (Å²) in [7, 11) is -3.81. The number of halogens is 1. The quantitative estimate of drug-likeness (QED) is 0.520. The van der Waals surface area contributed by atoms with Crippen LogP contribution in [0, 0.1) is 6.92 Å². The molecular formula is C26H25ClN2O4S. The number of carbonyl (C=O) groups excluding carboxylic acids is 1. The van der Waals surface area contributed by atoms with Crippen molar-refractivity contribution in [2.45, 2.75) is 43.1 Å². The van der Waals surface area contributed by atoms with E-state index in [1.807, 2.05) is 26.0 Å². The van der Waals surface area contributed by atoms with Crippen molar-refractivity contribution in [2.75, 3.05) is 16.2 Å². The third kappa shape index (κ3) is 4.03. The summed E-state index contributed by atoms with van der Waals surface area (Å²) in [6.07, 6.45) is 1.19. The molecule has 1 aliphatic carbocycles. The topological polar surface area (TPSA) is 75.7 Å². The summed E-state index contributed by atoms with van der Waals surface area (Å²) in [4.78, 5) is 13.4. The zero-order valence-corrected chi connectivity index (χ0v) is 20.5. The van der Waals surface area contributed by atoms with Crippen molar-refractivity contribution in [3.63, 3.8) is 0 Å². The van der Waals surface area contributed by atoms with Crippen LogP contribution in [-0.4, -0.2) is 27.0 Å². The minimum atomic E-state index is -3.81. The van der Waals surface area contributed by atoms with Gasteiger partial charge in [-0.3, -0.25) is 9.10 Å². The molecule has 0 radical (unpaired) electrons. The van der Waals surface area contributed by atoms with Crippen LogP contribution < -0.4 is 14.4 Å². The highest BCUT2D eigenvalue weighted by Crippen LogP contribution is 2.49. The Bertz CT molecular complexity index is 1350. The number of benzene rings is 3. The van der Waals surface area contributed by atoms with Crippen molar-refractivity contribution in [1.29, 1.82) is 0 Å². The van der Waals surface area contributed by atoms with Gasteiger partial charge in [0, 0.05) is 10.7 Å². The van der Waals surface area contributed by atoms with Gasteiger partial charge in [-0.25, -0.2) is 8.42 Å². The van der Waals surface area contributed by atoms with Gasteiger partial charge in [-0.1, -0.05) is 41.4 Å². The fraction of sp³-hybridized carbons (Fsp3) is 0.269. The van der Waals surface area contributed by atoms with Gasteiger partial charge in [0.15, 0.2) is 0 Å². The van der Waals surface area contributed by atoms with Gasteiger partial charge in [0.25, 0.3) is 10.0 Å².